The van der Waals surface area contributed by atoms with E-state index in [2.05, 4.69) is 4.98 Å². The fourth-order valence-corrected chi connectivity index (χ4v) is 3.49. The molecule has 8 heteroatoms. The van der Waals surface area contributed by atoms with Crippen LogP contribution in [0.3, 0.4) is 0 Å². The average molecular weight is 390 g/mol. The number of aryl methyl sites for hydroxylation is 1. The minimum absolute atomic E-state index is 0.0215. The molecule has 1 amide bonds. The summed E-state index contributed by atoms with van der Waals surface area (Å²) in [5.41, 5.74) is 2.34. The van der Waals surface area contributed by atoms with Gasteiger partial charge in [0.05, 0.1) is 6.42 Å². The Morgan fingerprint density at radius 2 is 1.96 bits per heavy atom. The number of Topliss-reactive ketones (excluding diaryl/α,β-unsaturated/α-hetero) is 1. The number of halogens is 2. The van der Waals surface area contributed by atoms with Crippen LogP contribution in [0.4, 0.5) is 8.78 Å². The van der Waals surface area contributed by atoms with E-state index in [0.29, 0.717) is 41.6 Å². The number of aliphatic carboxylic acids is 1. The number of carboxylic acid groups (broad SMARTS) is 1. The number of hydrogen-bond acceptors (Lipinski definition) is 3. The maximum Gasteiger partial charge on any atom is 0.305 e. The van der Waals surface area contributed by atoms with Crippen molar-refractivity contribution in [3.8, 4) is 0 Å². The third-order valence-corrected chi connectivity index (χ3v) is 4.89. The molecule has 1 heterocycles. The van der Waals surface area contributed by atoms with E-state index in [4.69, 9.17) is 5.11 Å². The summed E-state index contributed by atoms with van der Waals surface area (Å²) < 4.78 is 26.7. The summed E-state index contributed by atoms with van der Waals surface area (Å²) in [6, 6.07) is 3.28. The van der Waals surface area contributed by atoms with Crippen LogP contribution >= 0.6 is 0 Å². The Labute approximate surface area is 160 Å². The number of benzene rings is 1. The Hall–Kier alpha value is -3.03. The number of hydrogen-bond donors (Lipinski definition) is 2. The lowest BCUT2D eigenvalue weighted by Gasteiger charge is -2.22. The van der Waals surface area contributed by atoms with Crippen LogP contribution in [-0.2, 0) is 17.8 Å². The monoisotopic (exact) mass is 390 g/mol. The normalized spacial score (nSPS) is 13.3. The quantitative estimate of drug-likeness (QED) is 0.792. The second-order valence-electron chi connectivity index (χ2n) is 6.87. The molecule has 28 heavy (non-hydrogen) atoms. The van der Waals surface area contributed by atoms with Crippen LogP contribution in [0.15, 0.2) is 18.2 Å². The Morgan fingerprint density at radius 1 is 1.21 bits per heavy atom. The molecule has 0 saturated carbocycles. The molecule has 2 N–H and O–H groups in total. The van der Waals surface area contributed by atoms with Crippen molar-refractivity contribution in [2.24, 2.45) is 0 Å². The van der Waals surface area contributed by atoms with Gasteiger partial charge in [0.2, 0.25) is 0 Å². The van der Waals surface area contributed by atoms with Crippen molar-refractivity contribution in [1.82, 2.24) is 9.88 Å². The third kappa shape index (κ3) is 3.95. The van der Waals surface area contributed by atoms with Crippen LogP contribution in [-0.4, -0.2) is 39.2 Å². The highest BCUT2D eigenvalue weighted by Gasteiger charge is 2.28. The van der Waals surface area contributed by atoms with Gasteiger partial charge in [0.1, 0.15) is 5.69 Å². The smallest absolute Gasteiger partial charge is 0.305 e. The number of fused-ring (bicyclic) bond motifs is 1. The average Bonchev–Trinajstić information content (AvgIpc) is 2.99. The summed E-state index contributed by atoms with van der Waals surface area (Å²) in [6.07, 6.45) is 1.50. The minimum Gasteiger partial charge on any atom is -0.481 e. The molecular weight excluding hydrogens is 370 g/mol. The Kier molecular flexibility index (Phi) is 5.58. The first-order chi connectivity index (χ1) is 13.3. The second kappa shape index (κ2) is 7.92. The molecule has 1 aliphatic rings. The van der Waals surface area contributed by atoms with E-state index in [0.717, 1.165) is 12.1 Å². The maximum atomic E-state index is 13.5. The van der Waals surface area contributed by atoms with Crippen LogP contribution in [0, 0.1) is 18.6 Å². The number of nitrogens with zero attached hydrogens (tertiary/aromatic N) is 1. The molecule has 0 aliphatic heterocycles. The Bertz CT molecular complexity index is 952. The van der Waals surface area contributed by atoms with Crippen molar-refractivity contribution in [3.05, 3.63) is 57.9 Å². The molecule has 2 aromatic rings. The fourth-order valence-electron chi connectivity index (χ4n) is 3.49. The van der Waals surface area contributed by atoms with Crippen LogP contribution in [0.25, 0.3) is 0 Å². The van der Waals surface area contributed by atoms with Crippen LogP contribution in [0.5, 0.6) is 0 Å². The number of rotatable bonds is 6. The van der Waals surface area contributed by atoms with Crippen LogP contribution < -0.4 is 0 Å². The lowest BCUT2D eigenvalue weighted by atomic mass is 9.93. The number of nitrogens with one attached hydrogen (secondary N) is 1. The zero-order valence-corrected chi connectivity index (χ0v) is 15.3. The van der Waals surface area contributed by atoms with E-state index in [1.54, 1.807) is 6.92 Å². The summed E-state index contributed by atoms with van der Waals surface area (Å²) in [7, 11) is 0. The van der Waals surface area contributed by atoms with E-state index in [1.165, 1.54) is 11.0 Å². The number of ketones is 1. The molecule has 0 unspecified atom stereocenters. The predicted octanol–water partition coefficient (Wildman–Crippen LogP) is 3.24. The van der Waals surface area contributed by atoms with Gasteiger partial charge in [-0.2, -0.15) is 0 Å². The number of carbonyl (C=O) groups is 3. The van der Waals surface area contributed by atoms with Gasteiger partial charge in [0.15, 0.2) is 17.4 Å². The molecule has 0 spiro atoms. The van der Waals surface area contributed by atoms with Gasteiger partial charge in [-0.25, -0.2) is 8.78 Å². The fraction of sp³-hybridized carbons (Fsp3) is 0.350. The lowest BCUT2D eigenvalue weighted by Crippen LogP contribution is -2.33. The van der Waals surface area contributed by atoms with Gasteiger partial charge in [0, 0.05) is 30.8 Å². The second-order valence-corrected chi connectivity index (χ2v) is 6.87. The SMILES string of the molecule is Cc1c(C(=O)N(CCC(=O)O)Cc2ccc(F)c(F)c2)[nH]c2c1C(=O)CCC2. The van der Waals surface area contributed by atoms with Crippen molar-refractivity contribution in [1.29, 1.82) is 0 Å². The molecule has 1 aliphatic carbocycles. The predicted molar refractivity (Wildman–Crippen MR) is 96.1 cm³/mol. The van der Waals surface area contributed by atoms with Gasteiger partial charge in [-0.1, -0.05) is 6.07 Å². The number of aromatic amines is 1. The topological polar surface area (TPSA) is 90.5 Å². The minimum atomic E-state index is -1.08. The first kappa shape index (κ1) is 19.7. The summed E-state index contributed by atoms with van der Waals surface area (Å²) in [5.74, 6) is -3.63. The summed E-state index contributed by atoms with van der Waals surface area (Å²) in [6.45, 7) is 1.49. The van der Waals surface area contributed by atoms with Crippen molar-refractivity contribution in [2.75, 3.05) is 6.54 Å². The standard InChI is InChI=1S/C20H20F2N2O4/c1-11-18-15(3-2-4-16(18)25)23-19(11)20(28)24(8-7-17(26)27)10-12-5-6-13(21)14(22)9-12/h5-6,9,23H,2-4,7-8,10H2,1H3,(H,26,27). The van der Waals surface area contributed by atoms with E-state index < -0.39 is 23.5 Å². The van der Waals surface area contributed by atoms with E-state index in [-0.39, 0.29) is 31.0 Å². The van der Waals surface area contributed by atoms with Gasteiger partial charge in [-0.05, 0) is 43.0 Å². The molecule has 3 rings (SSSR count). The van der Waals surface area contributed by atoms with Gasteiger partial charge in [-0.15, -0.1) is 0 Å². The summed E-state index contributed by atoms with van der Waals surface area (Å²) in [5, 5.41) is 8.98. The van der Waals surface area contributed by atoms with Gasteiger partial charge >= 0.3 is 5.97 Å². The third-order valence-electron chi connectivity index (χ3n) is 4.89. The Morgan fingerprint density at radius 3 is 2.61 bits per heavy atom. The van der Waals surface area contributed by atoms with E-state index in [1.807, 2.05) is 0 Å². The Balaban J connectivity index is 1.91. The number of carboxylic acids is 1. The first-order valence-electron chi connectivity index (χ1n) is 8.97. The molecule has 148 valence electrons. The molecule has 0 fully saturated rings. The van der Waals surface area contributed by atoms with Crippen molar-refractivity contribution in [2.45, 2.75) is 39.2 Å². The largest absolute Gasteiger partial charge is 0.481 e. The lowest BCUT2D eigenvalue weighted by molar-refractivity contribution is -0.137. The van der Waals surface area contributed by atoms with Crippen molar-refractivity contribution in [3.63, 3.8) is 0 Å². The number of carbonyl (C=O) groups excluding carboxylic acids is 2. The highest BCUT2D eigenvalue weighted by molar-refractivity contribution is 6.04. The van der Waals surface area contributed by atoms with Crippen molar-refractivity contribution < 1.29 is 28.3 Å². The number of H-pyrrole nitrogens is 1. The maximum absolute atomic E-state index is 13.5. The molecule has 0 saturated heterocycles. The molecule has 6 nitrogen and oxygen atoms in total. The zero-order chi connectivity index (χ0) is 20.4. The van der Waals surface area contributed by atoms with Crippen molar-refractivity contribution >= 4 is 17.7 Å². The molecular formula is C20H20F2N2O4. The summed E-state index contributed by atoms with van der Waals surface area (Å²) in [4.78, 5) is 40.5. The highest BCUT2D eigenvalue weighted by atomic mass is 19.2. The molecule has 0 atom stereocenters. The highest BCUT2D eigenvalue weighted by Crippen LogP contribution is 2.27. The van der Waals surface area contributed by atoms with E-state index in [9.17, 15) is 23.2 Å². The number of amides is 1. The number of aromatic nitrogens is 1. The van der Waals surface area contributed by atoms with Crippen LogP contribution in [0.2, 0.25) is 0 Å². The molecule has 1 aromatic carbocycles. The molecule has 1 aromatic heterocycles. The van der Waals surface area contributed by atoms with E-state index >= 15 is 0 Å². The molecule has 0 bridgehead atoms. The van der Waals surface area contributed by atoms with Gasteiger partial charge in [-0.3, -0.25) is 14.4 Å². The van der Waals surface area contributed by atoms with Gasteiger partial charge < -0.3 is 15.0 Å². The van der Waals surface area contributed by atoms with Crippen LogP contribution in [0.1, 0.15) is 56.9 Å². The zero-order valence-electron chi connectivity index (χ0n) is 15.3. The summed E-state index contributed by atoms with van der Waals surface area (Å²) >= 11 is 0. The van der Waals surface area contributed by atoms with Gasteiger partial charge in [0.25, 0.3) is 5.91 Å². The molecule has 0 radical (unpaired) electrons. The first-order valence-corrected chi connectivity index (χ1v) is 8.97.